The lowest BCUT2D eigenvalue weighted by Crippen LogP contribution is -2.38. The van der Waals surface area contributed by atoms with Gasteiger partial charge in [0.15, 0.2) is 0 Å². The van der Waals surface area contributed by atoms with E-state index in [1.54, 1.807) is 6.07 Å². The molecule has 1 unspecified atom stereocenters. The zero-order valence-electron chi connectivity index (χ0n) is 11.5. The van der Waals surface area contributed by atoms with Gasteiger partial charge in [0.05, 0.1) is 11.0 Å². The van der Waals surface area contributed by atoms with Gasteiger partial charge in [-0.2, -0.15) is 0 Å². The van der Waals surface area contributed by atoms with Gasteiger partial charge < -0.3 is 16.2 Å². The van der Waals surface area contributed by atoms with Crippen LogP contribution in [-0.2, 0) is 0 Å². The molecule has 20 heavy (non-hydrogen) atoms. The van der Waals surface area contributed by atoms with Crippen LogP contribution in [-0.4, -0.2) is 22.1 Å². The minimum Gasteiger partial charge on any atom is -0.392 e. The molecule has 0 amide bonds. The van der Waals surface area contributed by atoms with Crippen molar-refractivity contribution >= 4 is 39.7 Å². The number of anilines is 1. The number of halogens is 2. The fourth-order valence-electron chi connectivity index (χ4n) is 1.49. The van der Waals surface area contributed by atoms with Gasteiger partial charge in [-0.25, -0.2) is 0 Å². The number of nitrogens with one attached hydrogen (secondary N) is 1. The summed E-state index contributed by atoms with van der Waals surface area (Å²) < 4.78 is 0.409. The highest BCUT2D eigenvalue weighted by Crippen LogP contribution is 2.33. The summed E-state index contributed by atoms with van der Waals surface area (Å²) in [5.74, 6) is 0. The second-order valence-electron chi connectivity index (χ2n) is 5.34. The number of nitrogen functional groups attached to an aromatic ring is 1. The summed E-state index contributed by atoms with van der Waals surface area (Å²) in [5, 5.41) is 24.1. The number of nitrogens with zero attached hydrogens (tertiary/aromatic N) is 1. The van der Waals surface area contributed by atoms with E-state index in [9.17, 15) is 15.2 Å². The molecule has 0 spiro atoms. The largest absolute Gasteiger partial charge is 0.392 e. The second-order valence-corrected chi connectivity index (χ2v) is 6.19. The molecule has 0 aliphatic heterocycles. The number of hydrogen-bond donors (Lipinski definition) is 3. The van der Waals surface area contributed by atoms with Gasteiger partial charge in [-0.3, -0.25) is 10.1 Å². The first-order valence-corrected chi connectivity index (χ1v) is 6.57. The second kappa shape index (κ2) is 7.21. The topological polar surface area (TPSA) is 101 Å². The van der Waals surface area contributed by atoms with Crippen LogP contribution in [0, 0.1) is 10.1 Å². The first kappa shape index (κ1) is 19.1. The third-order valence-electron chi connectivity index (χ3n) is 2.54. The highest BCUT2D eigenvalue weighted by atomic mass is 79.9. The number of β-amino-alcohol motifs (C(OH)–C–C–N with tert-alkyl or cyclic N) is 1. The molecule has 1 aromatic rings. The molecule has 0 aliphatic carbocycles. The van der Waals surface area contributed by atoms with Crippen LogP contribution in [0.1, 0.15) is 32.4 Å². The van der Waals surface area contributed by atoms with Gasteiger partial charge in [0.1, 0.15) is 5.69 Å². The average molecular weight is 369 g/mol. The number of nitrogens with two attached hydrogens (primary N) is 1. The van der Waals surface area contributed by atoms with Gasteiger partial charge >= 0.3 is 0 Å². The minimum absolute atomic E-state index is 0. The molecule has 0 aliphatic rings. The number of rotatable bonds is 4. The SMILES string of the molecule is CC(C)(C)NCC(O)c1cc(Br)c(N)c([N+](=O)[O-])c1.Cl. The van der Waals surface area contributed by atoms with E-state index in [1.165, 1.54) is 6.07 Å². The van der Waals surface area contributed by atoms with E-state index in [0.717, 1.165) is 0 Å². The number of benzene rings is 1. The summed E-state index contributed by atoms with van der Waals surface area (Å²) in [6, 6.07) is 2.90. The molecule has 6 nitrogen and oxygen atoms in total. The highest BCUT2D eigenvalue weighted by molar-refractivity contribution is 9.10. The van der Waals surface area contributed by atoms with Gasteiger partial charge in [0, 0.05) is 22.6 Å². The smallest absolute Gasteiger partial charge is 0.293 e. The quantitative estimate of drug-likeness (QED) is 0.431. The fraction of sp³-hybridized carbons (Fsp3) is 0.500. The van der Waals surface area contributed by atoms with Crippen molar-refractivity contribution in [2.45, 2.75) is 32.4 Å². The monoisotopic (exact) mass is 367 g/mol. The predicted octanol–water partition coefficient (Wildman–Crippen LogP) is 2.78. The van der Waals surface area contributed by atoms with Gasteiger partial charge in [-0.05, 0) is 48.3 Å². The van der Waals surface area contributed by atoms with E-state index in [-0.39, 0.29) is 29.3 Å². The van der Waals surface area contributed by atoms with Gasteiger partial charge in [0.25, 0.3) is 5.69 Å². The molecule has 8 heteroatoms. The molecule has 0 heterocycles. The molecule has 4 N–H and O–H groups in total. The molecular formula is C12H19BrClN3O3. The Morgan fingerprint density at radius 1 is 1.50 bits per heavy atom. The molecular weight excluding hydrogens is 350 g/mol. The summed E-state index contributed by atoms with van der Waals surface area (Å²) in [6.07, 6.45) is -0.838. The Bertz CT molecular complexity index is 492. The molecule has 0 bridgehead atoms. The Morgan fingerprint density at radius 3 is 2.50 bits per heavy atom. The van der Waals surface area contributed by atoms with Crippen LogP contribution in [0.5, 0.6) is 0 Å². The molecule has 0 aromatic heterocycles. The standard InChI is InChI=1S/C12H18BrN3O3.ClH/c1-12(2,3)15-6-10(17)7-4-8(13)11(14)9(5-7)16(18)19;/h4-5,10,15,17H,6,14H2,1-3H3;1H. The Hall–Kier alpha value is -0.890. The molecule has 1 atom stereocenters. The maximum Gasteiger partial charge on any atom is 0.293 e. The molecule has 0 radical (unpaired) electrons. The molecule has 0 saturated carbocycles. The lowest BCUT2D eigenvalue weighted by molar-refractivity contribution is -0.384. The Morgan fingerprint density at radius 2 is 2.05 bits per heavy atom. The molecule has 1 rings (SSSR count). The molecule has 0 fully saturated rings. The van der Waals surface area contributed by atoms with E-state index < -0.39 is 11.0 Å². The van der Waals surface area contributed by atoms with E-state index in [4.69, 9.17) is 5.73 Å². The average Bonchev–Trinajstić information content (AvgIpc) is 2.28. The summed E-state index contributed by atoms with van der Waals surface area (Å²) in [6.45, 7) is 6.22. The summed E-state index contributed by atoms with van der Waals surface area (Å²) in [5.41, 5.74) is 5.77. The minimum atomic E-state index is -0.838. The van der Waals surface area contributed by atoms with Crippen molar-refractivity contribution in [3.63, 3.8) is 0 Å². The zero-order valence-corrected chi connectivity index (χ0v) is 13.9. The van der Waals surface area contributed by atoms with Crippen molar-refractivity contribution in [3.8, 4) is 0 Å². The fourth-order valence-corrected chi connectivity index (χ4v) is 1.96. The number of nitro benzene ring substituents is 1. The van der Waals surface area contributed by atoms with Crippen molar-refractivity contribution in [2.24, 2.45) is 0 Å². The van der Waals surface area contributed by atoms with Crippen molar-refractivity contribution < 1.29 is 10.0 Å². The van der Waals surface area contributed by atoms with E-state index >= 15 is 0 Å². The lowest BCUT2D eigenvalue weighted by atomic mass is 10.1. The number of nitro groups is 1. The van der Waals surface area contributed by atoms with E-state index in [2.05, 4.69) is 21.2 Å². The summed E-state index contributed by atoms with van der Waals surface area (Å²) >= 11 is 3.16. The van der Waals surface area contributed by atoms with Crippen LogP contribution in [0.2, 0.25) is 0 Å². The zero-order chi connectivity index (χ0) is 14.8. The highest BCUT2D eigenvalue weighted by Gasteiger charge is 2.20. The first-order chi connectivity index (χ1) is 8.61. The van der Waals surface area contributed by atoms with Crippen LogP contribution in [0.4, 0.5) is 11.4 Å². The number of aliphatic hydroxyl groups is 1. The summed E-state index contributed by atoms with van der Waals surface area (Å²) in [4.78, 5) is 10.3. The summed E-state index contributed by atoms with van der Waals surface area (Å²) in [7, 11) is 0. The van der Waals surface area contributed by atoms with Crippen molar-refractivity contribution in [1.82, 2.24) is 5.32 Å². The van der Waals surface area contributed by atoms with Gasteiger partial charge in [-0.1, -0.05) is 0 Å². The number of hydrogen-bond acceptors (Lipinski definition) is 5. The predicted molar refractivity (Wildman–Crippen MR) is 85.2 cm³/mol. The van der Waals surface area contributed by atoms with Crippen molar-refractivity contribution in [3.05, 3.63) is 32.3 Å². The molecule has 1 aromatic carbocycles. The Labute approximate surface area is 132 Å². The maximum atomic E-state index is 10.9. The molecule has 0 saturated heterocycles. The van der Waals surface area contributed by atoms with Crippen LogP contribution in [0.15, 0.2) is 16.6 Å². The van der Waals surface area contributed by atoms with Crippen LogP contribution < -0.4 is 11.1 Å². The molecule has 114 valence electrons. The Balaban J connectivity index is 0.00000361. The van der Waals surface area contributed by atoms with Crippen LogP contribution in [0.3, 0.4) is 0 Å². The Kier molecular flexibility index (Phi) is 6.89. The van der Waals surface area contributed by atoms with Crippen molar-refractivity contribution in [2.75, 3.05) is 12.3 Å². The van der Waals surface area contributed by atoms with E-state index in [0.29, 0.717) is 16.6 Å². The van der Waals surface area contributed by atoms with E-state index in [1.807, 2.05) is 20.8 Å². The van der Waals surface area contributed by atoms with Crippen LogP contribution >= 0.6 is 28.3 Å². The maximum absolute atomic E-state index is 10.9. The number of aliphatic hydroxyl groups excluding tert-OH is 1. The third-order valence-corrected chi connectivity index (χ3v) is 3.19. The van der Waals surface area contributed by atoms with Gasteiger partial charge in [0.2, 0.25) is 0 Å². The van der Waals surface area contributed by atoms with Crippen molar-refractivity contribution in [1.29, 1.82) is 0 Å². The first-order valence-electron chi connectivity index (χ1n) is 5.78. The normalized spacial score (nSPS) is 12.7. The van der Waals surface area contributed by atoms with Gasteiger partial charge in [-0.15, -0.1) is 12.4 Å². The van der Waals surface area contributed by atoms with Crippen LogP contribution in [0.25, 0.3) is 0 Å². The lowest BCUT2D eigenvalue weighted by Gasteiger charge is -2.23. The third kappa shape index (κ3) is 5.24.